The highest BCUT2D eigenvalue weighted by Crippen LogP contribution is 2.17. The van der Waals surface area contributed by atoms with Gasteiger partial charge in [0.2, 0.25) is 0 Å². The summed E-state index contributed by atoms with van der Waals surface area (Å²) in [6.07, 6.45) is 45.2. The molecule has 6 nitrogen and oxygen atoms in total. The number of hydrogen-bond donors (Lipinski definition) is 0. The van der Waals surface area contributed by atoms with Crippen LogP contribution >= 0.6 is 0 Å². The van der Waals surface area contributed by atoms with Gasteiger partial charge in [0.05, 0.1) is 0 Å². The first kappa shape index (κ1) is 56.4. The van der Waals surface area contributed by atoms with Crippen LogP contribution in [0.3, 0.4) is 0 Å². The van der Waals surface area contributed by atoms with Crippen LogP contribution in [-0.2, 0) is 28.6 Å². The lowest BCUT2D eigenvalue weighted by atomic mass is 10.0. The summed E-state index contributed by atoms with van der Waals surface area (Å²) >= 11 is 0. The van der Waals surface area contributed by atoms with Gasteiger partial charge in [-0.05, 0) is 31.1 Å². The maximum Gasteiger partial charge on any atom is 0.306 e. The molecule has 6 heteroatoms. The Morgan fingerprint density at radius 1 is 0.328 bits per heavy atom. The Balaban J connectivity index is 4.29. The Labute approximate surface area is 361 Å². The summed E-state index contributed by atoms with van der Waals surface area (Å²) < 4.78 is 16.8. The molecule has 0 rings (SSSR count). The van der Waals surface area contributed by atoms with E-state index in [4.69, 9.17) is 14.2 Å². The monoisotopic (exact) mass is 821 g/mol. The van der Waals surface area contributed by atoms with Crippen LogP contribution in [-0.4, -0.2) is 37.2 Å². The second-order valence-electron chi connectivity index (χ2n) is 18.8. The molecule has 0 aliphatic carbocycles. The summed E-state index contributed by atoms with van der Waals surface area (Å²) in [5, 5.41) is 0. The van der Waals surface area contributed by atoms with Crippen molar-refractivity contribution in [1.29, 1.82) is 0 Å². The first-order valence-corrected chi connectivity index (χ1v) is 25.7. The predicted molar refractivity (Wildman–Crippen MR) is 247 cm³/mol. The third kappa shape index (κ3) is 45.5. The minimum Gasteiger partial charge on any atom is -0.462 e. The fraction of sp³-hybridized carbons (Fsp3) is 0.942. The largest absolute Gasteiger partial charge is 0.462 e. The molecule has 0 bridgehead atoms. The SMILES string of the molecule is CCCCCCCCCCCCCCCCCC(=O)O[C@@H](COC(=O)CCCCCCCCCCCCCCC(C)C)COC(=O)CCCCCCCCCC(C)C. The zero-order valence-corrected chi connectivity index (χ0v) is 39.7. The van der Waals surface area contributed by atoms with Crippen molar-refractivity contribution in [3.8, 4) is 0 Å². The molecule has 0 aliphatic rings. The summed E-state index contributed by atoms with van der Waals surface area (Å²) in [6.45, 7) is 11.3. The Hall–Kier alpha value is -1.59. The average Bonchev–Trinajstić information content (AvgIpc) is 3.19. The predicted octanol–water partition coefficient (Wildman–Crippen LogP) is 16.5. The quantitative estimate of drug-likeness (QED) is 0.0346. The maximum atomic E-state index is 12.8. The highest BCUT2D eigenvalue weighted by atomic mass is 16.6. The molecule has 0 saturated heterocycles. The van der Waals surface area contributed by atoms with Crippen molar-refractivity contribution >= 4 is 17.9 Å². The van der Waals surface area contributed by atoms with E-state index in [0.717, 1.165) is 69.6 Å². The highest BCUT2D eigenvalue weighted by Gasteiger charge is 2.19. The van der Waals surface area contributed by atoms with Crippen LogP contribution in [0.2, 0.25) is 0 Å². The van der Waals surface area contributed by atoms with E-state index in [0.29, 0.717) is 19.3 Å². The van der Waals surface area contributed by atoms with E-state index >= 15 is 0 Å². The van der Waals surface area contributed by atoms with Crippen molar-refractivity contribution < 1.29 is 28.6 Å². The highest BCUT2D eigenvalue weighted by molar-refractivity contribution is 5.71. The van der Waals surface area contributed by atoms with E-state index in [2.05, 4.69) is 34.6 Å². The fourth-order valence-electron chi connectivity index (χ4n) is 7.81. The van der Waals surface area contributed by atoms with E-state index in [1.165, 1.54) is 173 Å². The smallest absolute Gasteiger partial charge is 0.306 e. The van der Waals surface area contributed by atoms with Crippen LogP contribution in [0.25, 0.3) is 0 Å². The molecular weight excluding hydrogens is 721 g/mol. The van der Waals surface area contributed by atoms with Crippen molar-refractivity contribution in [2.45, 2.75) is 291 Å². The lowest BCUT2D eigenvalue weighted by Gasteiger charge is -2.18. The lowest BCUT2D eigenvalue weighted by Crippen LogP contribution is -2.30. The van der Waals surface area contributed by atoms with Crippen LogP contribution < -0.4 is 0 Å². The van der Waals surface area contributed by atoms with Crippen molar-refractivity contribution in [2.75, 3.05) is 13.2 Å². The van der Waals surface area contributed by atoms with Crippen molar-refractivity contribution in [2.24, 2.45) is 11.8 Å². The first-order valence-electron chi connectivity index (χ1n) is 25.7. The molecule has 1 atom stereocenters. The first-order chi connectivity index (χ1) is 28.2. The van der Waals surface area contributed by atoms with E-state index in [1.807, 2.05) is 0 Å². The number of hydrogen-bond acceptors (Lipinski definition) is 6. The summed E-state index contributed by atoms with van der Waals surface area (Å²) in [6, 6.07) is 0. The number of carbonyl (C=O) groups excluding carboxylic acids is 3. The fourth-order valence-corrected chi connectivity index (χ4v) is 7.81. The van der Waals surface area contributed by atoms with Crippen molar-refractivity contribution in [3.05, 3.63) is 0 Å². The summed E-state index contributed by atoms with van der Waals surface area (Å²) in [4.78, 5) is 37.9. The molecule has 0 aromatic heterocycles. The maximum absolute atomic E-state index is 12.8. The zero-order chi connectivity index (χ0) is 42.6. The number of ether oxygens (including phenoxy) is 3. The normalized spacial score (nSPS) is 12.1. The third-order valence-electron chi connectivity index (χ3n) is 11.7. The van der Waals surface area contributed by atoms with Gasteiger partial charge in [-0.25, -0.2) is 0 Å². The molecule has 0 aromatic carbocycles. The topological polar surface area (TPSA) is 78.9 Å². The van der Waals surface area contributed by atoms with Gasteiger partial charge >= 0.3 is 17.9 Å². The molecule has 58 heavy (non-hydrogen) atoms. The van der Waals surface area contributed by atoms with Crippen LogP contribution in [0.4, 0.5) is 0 Å². The van der Waals surface area contributed by atoms with Crippen molar-refractivity contribution in [3.63, 3.8) is 0 Å². The molecule has 0 amide bonds. The number of unbranched alkanes of at least 4 members (excludes halogenated alkanes) is 31. The molecule has 0 unspecified atom stereocenters. The van der Waals surface area contributed by atoms with E-state index < -0.39 is 6.10 Å². The summed E-state index contributed by atoms with van der Waals surface area (Å²) in [5.41, 5.74) is 0. The van der Waals surface area contributed by atoms with Gasteiger partial charge in [0.15, 0.2) is 6.10 Å². The van der Waals surface area contributed by atoms with E-state index in [9.17, 15) is 14.4 Å². The van der Waals surface area contributed by atoms with E-state index in [1.54, 1.807) is 0 Å². The zero-order valence-electron chi connectivity index (χ0n) is 39.7. The van der Waals surface area contributed by atoms with Gasteiger partial charge in [-0.15, -0.1) is 0 Å². The van der Waals surface area contributed by atoms with Gasteiger partial charge < -0.3 is 14.2 Å². The minimum atomic E-state index is -0.761. The standard InChI is InChI=1S/C52H100O6/c1-6-7-8-9-10-11-12-13-14-15-20-23-28-34-39-44-52(55)58-49(46-57-51(54)43-38-33-29-24-26-31-36-41-48(4)5)45-56-50(53)42-37-32-27-22-19-17-16-18-21-25-30-35-40-47(2)3/h47-49H,6-46H2,1-5H3/t49-/m0/s1. The molecular formula is C52H100O6. The summed E-state index contributed by atoms with van der Waals surface area (Å²) in [5.74, 6) is 0.764. The molecule has 0 spiro atoms. The average molecular weight is 821 g/mol. The molecule has 0 saturated carbocycles. The van der Waals surface area contributed by atoms with Gasteiger partial charge in [-0.3, -0.25) is 14.4 Å². The Kier molecular flexibility index (Phi) is 43.7. The number of carbonyl (C=O) groups is 3. The van der Waals surface area contributed by atoms with Gasteiger partial charge in [0.1, 0.15) is 13.2 Å². The molecule has 0 aliphatic heterocycles. The van der Waals surface area contributed by atoms with Crippen molar-refractivity contribution in [1.82, 2.24) is 0 Å². The second kappa shape index (κ2) is 44.9. The second-order valence-corrected chi connectivity index (χ2v) is 18.8. The summed E-state index contributed by atoms with van der Waals surface area (Å²) in [7, 11) is 0. The van der Waals surface area contributed by atoms with Crippen LogP contribution in [0.5, 0.6) is 0 Å². The lowest BCUT2D eigenvalue weighted by molar-refractivity contribution is -0.167. The molecule has 0 aromatic rings. The molecule has 0 fully saturated rings. The van der Waals surface area contributed by atoms with E-state index in [-0.39, 0.29) is 31.1 Å². The van der Waals surface area contributed by atoms with Crippen LogP contribution in [0.1, 0.15) is 285 Å². The molecule has 0 heterocycles. The third-order valence-corrected chi connectivity index (χ3v) is 11.7. The molecule has 0 N–H and O–H groups in total. The van der Waals surface area contributed by atoms with Gasteiger partial charge in [0, 0.05) is 19.3 Å². The number of esters is 3. The van der Waals surface area contributed by atoms with Crippen LogP contribution in [0, 0.1) is 11.8 Å². The Bertz CT molecular complexity index is 885. The number of rotatable bonds is 46. The Morgan fingerprint density at radius 3 is 0.845 bits per heavy atom. The minimum absolute atomic E-state index is 0.0642. The van der Waals surface area contributed by atoms with Crippen LogP contribution in [0.15, 0.2) is 0 Å². The molecule has 344 valence electrons. The van der Waals surface area contributed by atoms with Gasteiger partial charge in [0.25, 0.3) is 0 Å². The van der Waals surface area contributed by atoms with Gasteiger partial charge in [-0.2, -0.15) is 0 Å². The van der Waals surface area contributed by atoms with Gasteiger partial charge in [-0.1, -0.05) is 247 Å². The Morgan fingerprint density at radius 2 is 0.569 bits per heavy atom. The molecule has 0 radical (unpaired) electrons.